The summed E-state index contributed by atoms with van der Waals surface area (Å²) in [6.45, 7) is 7.54. The molecule has 1 fully saturated rings. The summed E-state index contributed by atoms with van der Waals surface area (Å²) in [5, 5.41) is 1.02. The second kappa shape index (κ2) is 7.50. The summed E-state index contributed by atoms with van der Waals surface area (Å²) in [5.41, 5.74) is 3.60. The third-order valence-electron chi connectivity index (χ3n) is 4.72. The van der Waals surface area contributed by atoms with E-state index in [2.05, 4.69) is 19.0 Å². The maximum Gasteiger partial charge on any atom is 0.255 e. The minimum atomic E-state index is 0.0580. The van der Waals surface area contributed by atoms with Gasteiger partial charge in [0.15, 0.2) is 0 Å². The number of amides is 1. The van der Waals surface area contributed by atoms with Gasteiger partial charge in [-0.25, -0.2) is 0 Å². The molecule has 0 aliphatic carbocycles. The van der Waals surface area contributed by atoms with Crippen LogP contribution in [-0.4, -0.2) is 67.6 Å². The second-order valence-corrected chi connectivity index (χ2v) is 7.22. The molecule has 1 atom stereocenters. The Morgan fingerprint density at radius 2 is 2.16 bits per heavy atom. The maximum atomic E-state index is 13.2. The lowest BCUT2D eigenvalue weighted by Crippen LogP contribution is -2.39. The molecule has 2 aromatic rings. The highest BCUT2D eigenvalue weighted by molar-refractivity contribution is 5.99. The van der Waals surface area contributed by atoms with Crippen LogP contribution >= 0.6 is 0 Å². The van der Waals surface area contributed by atoms with Crippen molar-refractivity contribution in [3.63, 3.8) is 0 Å². The molecule has 5 nitrogen and oxygen atoms in total. The van der Waals surface area contributed by atoms with E-state index in [1.54, 1.807) is 0 Å². The zero-order valence-corrected chi connectivity index (χ0v) is 15.6. The molecular formula is C20H27N3O2. The number of pyridine rings is 1. The number of benzene rings is 1. The van der Waals surface area contributed by atoms with E-state index in [0.29, 0.717) is 31.2 Å². The van der Waals surface area contributed by atoms with Crippen LogP contribution in [-0.2, 0) is 4.74 Å². The molecule has 134 valence electrons. The Balaban J connectivity index is 1.88. The number of fused-ring (bicyclic) bond motifs is 1. The smallest absolute Gasteiger partial charge is 0.255 e. The van der Waals surface area contributed by atoms with Gasteiger partial charge in [0.05, 0.1) is 30.0 Å². The molecule has 25 heavy (non-hydrogen) atoms. The fraction of sp³-hybridized carbons (Fsp3) is 0.500. The number of para-hydroxylation sites is 1. The minimum Gasteiger partial charge on any atom is -0.379 e. The fourth-order valence-electron chi connectivity index (χ4n) is 3.52. The number of hydrogen-bond donors (Lipinski definition) is 0. The topological polar surface area (TPSA) is 45.7 Å². The van der Waals surface area contributed by atoms with E-state index >= 15 is 0 Å². The molecule has 0 N–H and O–H groups in total. The molecule has 0 bridgehead atoms. The van der Waals surface area contributed by atoms with Gasteiger partial charge < -0.3 is 14.5 Å². The van der Waals surface area contributed by atoms with E-state index in [9.17, 15) is 4.79 Å². The van der Waals surface area contributed by atoms with Crippen LogP contribution in [0.3, 0.4) is 0 Å². The van der Waals surface area contributed by atoms with E-state index in [0.717, 1.165) is 35.2 Å². The predicted molar refractivity (Wildman–Crippen MR) is 100.0 cm³/mol. The van der Waals surface area contributed by atoms with E-state index in [4.69, 9.17) is 9.72 Å². The van der Waals surface area contributed by atoms with Crippen molar-refractivity contribution in [3.8, 4) is 0 Å². The normalized spacial score (nSPS) is 18.6. The molecule has 2 heterocycles. The molecule has 3 rings (SSSR count). The van der Waals surface area contributed by atoms with Gasteiger partial charge in [0.1, 0.15) is 0 Å². The van der Waals surface area contributed by atoms with Crippen molar-refractivity contribution < 1.29 is 9.53 Å². The highest BCUT2D eigenvalue weighted by Gasteiger charge is 2.25. The number of ether oxygens (including phenoxy) is 1. The zero-order chi connectivity index (χ0) is 18.0. The molecule has 0 spiro atoms. The largest absolute Gasteiger partial charge is 0.379 e. The summed E-state index contributed by atoms with van der Waals surface area (Å²) >= 11 is 0. The summed E-state index contributed by atoms with van der Waals surface area (Å²) in [6, 6.07) is 8.07. The minimum absolute atomic E-state index is 0.0580. The first-order valence-electron chi connectivity index (χ1n) is 8.84. The Morgan fingerprint density at radius 1 is 1.36 bits per heavy atom. The van der Waals surface area contributed by atoms with Crippen LogP contribution in [0.2, 0.25) is 0 Å². The quantitative estimate of drug-likeness (QED) is 0.860. The van der Waals surface area contributed by atoms with Gasteiger partial charge in [-0.05, 0) is 39.6 Å². The molecule has 0 radical (unpaired) electrons. The van der Waals surface area contributed by atoms with Crippen molar-refractivity contribution in [3.05, 3.63) is 41.1 Å². The number of aryl methyl sites for hydroxylation is 2. The van der Waals surface area contributed by atoms with Gasteiger partial charge in [0, 0.05) is 30.9 Å². The van der Waals surface area contributed by atoms with Crippen LogP contribution in [0, 0.1) is 19.8 Å². The fourth-order valence-corrected chi connectivity index (χ4v) is 3.52. The predicted octanol–water partition coefficient (Wildman–Crippen LogP) is 2.50. The third kappa shape index (κ3) is 3.99. The van der Waals surface area contributed by atoms with Crippen molar-refractivity contribution in [2.75, 3.05) is 46.9 Å². The zero-order valence-electron chi connectivity index (χ0n) is 15.6. The number of nitrogens with zero attached hydrogens (tertiary/aromatic N) is 3. The Labute approximate surface area is 149 Å². The Hall–Kier alpha value is -1.98. The lowest BCUT2D eigenvalue weighted by molar-refractivity contribution is 0.0734. The van der Waals surface area contributed by atoms with Crippen molar-refractivity contribution in [1.29, 1.82) is 0 Å². The molecular weight excluding hydrogens is 314 g/mol. The summed E-state index contributed by atoms with van der Waals surface area (Å²) in [5.74, 6) is 0.389. The molecule has 0 saturated carbocycles. The average Bonchev–Trinajstić information content (AvgIpc) is 2.79. The van der Waals surface area contributed by atoms with Crippen LogP contribution in [0.15, 0.2) is 24.3 Å². The lowest BCUT2D eigenvalue weighted by atomic mass is 10.0. The van der Waals surface area contributed by atoms with Crippen molar-refractivity contribution in [2.45, 2.75) is 13.8 Å². The van der Waals surface area contributed by atoms with Gasteiger partial charge in [0.25, 0.3) is 5.91 Å². The van der Waals surface area contributed by atoms with Gasteiger partial charge in [-0.15, -0.1) is 0 Å². The molecule has 1 amide bonds. The second-order valence-electron chi connectivity index (χ2n) is 7.22. The van der Waals surface area contributed by atoms with E-state index in [1.807, 2.05) is 43.0 Å². The summed E-state index contributed by atoms with van der Waals surface area (Å²) < 4.78 is 5.70. The summed E-state index contributed by atoms with van der Waals surface area (Å²) in [4.78, 5) is 21.9. The van der Waals surface area contributed by atoms with Crippen LogP contribution < -0.4 is 0 Å². The van der Waals surface area contributed by atoms with Crippen molar-refractivity contribution in [2.24, 2.45) is 5.92 Å². The highest BCUT2D eigenvalue weighted by atomic mass is 16.5. The molecule has 5 heteroatoms. The first-order valence-corrected chi connectivity index (χ1v) is 8.84. The van der Waals surface area contributed by atoms with Crippen molar-refractivity contribution >= 4 is 16.8 Å². The standard InChI is InChI=1S/C20H27N3O2/c1-14-6-5-7-17-10-18(15(2)21-19(14)17)20(24)23-8-9-25-13-16(12-23)11-22(3)4/h5-7,10,16H,8-9,11-13H2,1-4H3/t16-/m0/s1. The lowest BCUT2D eigenvalue weighted by Gasteiger charge is -2.26. The third-order valence-corrected chi connectivity index (χ3v) is 4.72. The maximum absolute atomic E-state index is 13.2. The van der Waals surface area contributed by atoms with Gasteiger partial charge in [-0.1, -0.05) is 18.2 Å². The van der Waals surface area contributed by atoms with Crippen molar-refractivity contribution in [1.82, 2.24) is 14.8 Å². The van der Waals surface area contributed by atoms with Gasteiger partial charge in [-0.2, -0.15) is 0 Å². The molecule has 1 aliphatic heterocycles. The number of carbonyl (C=O) groups excluding carboxylic acids is 1. The van der Waals surface area contributed by atoms with E-state index in [1.165, 1.54) is 0 Å². The summed E-state index contributed by atoms with van der Waals surface area (Å²) in [6.07, 6.45) is 0. The Morgan fingerprint density at radius 3 is 2.92 bits per heavy atom. The van der Waals surface area contributed by atoms with Gasteiger partial charge in [0.2, 0.25) is 0 Å². The molecule has 1 aromatic heterocycles. The number of rotatable bonds is 3. The van der Waals surface area contributed by atoms with Crippen LogP contribution in [0.1, 0.15) is 21.6 Å². The SMILES string of the molecule is Cc1nc2c(C)cccc2cc1C(=O)N1CCOC[C@@H](CN(C)C)C1. The summed E-state index contributed by atoms with van der Waals surface area (Å²) in [7, 11) is 4.10. The number of aromatic nitrogens is 1. The van der Waals surface area contributed by atoms with Crippen LogP contribution in [0.25, 0.3) is 10.9 Å². The van der Waals surface area contributed by atoms with E-state index in [-0.39, 0.29) is 5.91 Å². The number of carbonyl (C=O) groups is 1. The highest BCUT2D eigenvalue weighted by Crippen LogP contribution is 2.21. The molecule has 0 unspecified atom stereocenters. The van der Waals surface area contributed by atoms with E-state index < -0.39 is 0 Å². The molecule has 1 saturated heterocycles. The first kappa shape index (κ1) is 17.8. The monoisotopic (exact) mass is 341 g/mol. The van der Waals surface area contributed by atoms with Crippen LogP contribution in [0.5, 0.6) is 0 Å². The molecule has 1 aliphatic rings. The Kier molecular flexibility index (Phi) is 5.35. The first-order chi connectivity index (χ1) is 12.0. The van der Waals surface area contributed by atoms with Crippen LogP contribution in [0.4, 0.5) is 0 Å². The Bertz CT molecular complexity index is 773. The number of hydrogen-bond acceptors (Lipinski definition) is 4. The van der Waals surface area contributed by atoms with Gasteiger partial charge >= 0.3 is 0 Å². The van der Waals surface area contributed by atoms with Gasteiger partial charge in [-0.3, -0.25) is 9.78 Å². The average molecular weight is 341 g/mol. The molecule has 1 aromatic carbocycles.